The first-order chi connectivity index (χ1) is 23.0. The van der Waals surface area contributed by atoms with Gasteiger partial charge >= 0.3 is 0 Å². The molecule has 1 aliphatic rings. The van der Waals surface area contributed by atoms with Crippen molar-refractivity contribution >= 4 is 0 Å². The van der Waals surface area contributed by atoms with Crippen molar-refractivity contribution in [1.82, 2.24) is 9.97 Å². The highest BCUT2D eigenvalue weighted by Gasteiger charge is 2.37. The fraction of sp³-hybridized carbons (Fsp3) is 0.0682. The highest BCUT2D eigenvalue weighted by molar-refractivity contribution is 5.87. The van der Waals surface area contributed by atoms with E-state index in [1.54, 1.807) is 0 Å². The number of hydrogen-bond donors (Lipinski definition) is 0. The lowest BCUT2D eigenvalue weighted by molar-refractivity contribution is 0.660. The molecular formula is C44H31N3. The second-order valence-corrected chi connectivity index (χ2v) is 12.6. The van der Waals surface area contributed by atoms with Crippen LogP contribution in [0.3, 0.4) is 0 Å². The van der Waals surface area contributed by atoms with Crippen LogP contribution in [0.5, 0.6) is 0 Å². The molecule has 1 aliphatic carbocycles. The third-order valence-corrected chi connectivity index (χ3v) is 9.34. The summed E-state index contributed by atoms with van der Waals surface area (Å²) in [6, 6.07) is 55.0. The number of aromatic nitrogens is 2. The van der Waals surface area contributed by atoms with Gasteiger partial charge in [-0.2, -0.15) is 5.26 Å². The molecule has 222 valence electrons. The Morgan fingerprint density at radius 2 is 1.00 bits per heavy atom. The van der Waals surface area contributed by atoms with Gasteiger partial charge in [0.2, 0.25) is 0 Å². The molecule has 0 atom stereocenters. The van der Waals surface area contributed by atoms with Gasteiger partial charge in [0.1, 0.15) is 0 Å². The van der Waals surface area contributed by atoms with E-state index in [9.17, 15) is 5.26 Å². The van der Waals surface area contributed by atoms with Gasteiger partial charge in [0, 0.05) is 27.7 Å². The zero-order chi connectivity index (χ0) is 32.0. The minimum absolute atomic E-state index is 0.186. The van der Waals surface area contributed by atoms with Crippen molar-refractivity contribution in [3.05, 3.63) is 168 Å². The normalized spacial score (nSPS) is 12.6. The van der Waals surface area contributed by atoms with Gasteiger partial charge in [0.15, 0.2) is 5.82 Å². The van der Waals surface area contributed by atoms with Crippen LogP contribution >= 0.6 is 0 Å². The second kappa shape index (κ2) is 11.4. The van der Waals surface area contributed by atoms with Crippen LogP contribution in [0.2, 0.25) is 0 Å². The van der Waals surface area contributed by atoms with E-state index in [4.69, 9.17) is 9.97 Å². The Kier molecular flexibility index (Phi) is 6.85. The number of nitriles is 1. The average Bonchev–Trinajstić information content (AvgIpc) is 3.38. The Morgan fingerprint density at radius 1 is 0.468 bits per heavy atom. The van der Waals surface area contributed by atoms with E-state index in [1.807, 2.05) is 48.5 Å². The van der Waals surface area contributed by atoms with Crippen LogP contribution in [0, 0.1) is 11.3 Å². The molecule has 0 bridgehead atoms. The quantitative estimate of drug-likeness (QED) is 0.197. The molecule has 0 radical (unpaired) electrons. The third kappa shape index (κ3) is 5.01. The molecule has 0 fully saturated rings. The Hall–Kier alpha value is -6.11. The number of hydrogen-bond acceptors (Lipinski definition) is 3. The molecule has 0 amide bonds. The molecule has 0 unspecified atom stereocenters. The molecule has 8 rings (SSSR count). The minimum Gasteiger partial charge on any atom is -0.228 e. The highest BCUT2D eigenvalue weighted by atomic mass is 14.9. The first kappa shape index (κ1) is 28.4. The summed E-state index contributed by atoms with van der Waals surface area (Å²) in [6.45, 7) is 4.51. The van der Waals surface area contributed by atoms with Crippen molar-refractivity contribution in [3.8, 4) is 73.4 Å². The summed E-state index contributed by atoms with van der Waals surface area (Å²) in [7, 11) is 0. The number of rotatable bonds is 5. The third-order valence-electron chi connectivity index (χ3n) is 9.34. The van der Waals surface area contributed by atoms with Crippen molar-refractivity contribution in [2.45, 2.75) is 19.3 Å². The van der Waals surface area contributed by atoms with Crippen molar-refractivity contribution < 1.29 is 0 Å². The molecule has 0 aliphatic heterocycles. The lowest BCUT2D eigenvalue weighted by Crippen LogP contribution is -2.15. The van der Waals surface area contributed by atoms with Crippen LogP contribution in [0.4, 0.5) is 0 Å². The molecule has 1 heterocycles. The van der Waals surface area contributed by atoms with Gasteiger partial charge in [-0.25, -0.2) is 9.97 Å². The van der Waals surface area contributed by atoms with Gasteiger partial charge < -0.3 is 0 Å². The van der Waals surface area contributed by atoms with Crippen LogP contribution < -0.4 is 0 Å². The van der Waals surface area contributed by atoms with Gasteiger partial charge in [-0.3, -0.25) is 0 Å². The van der Waals surface area contributed by atoms with Crippen molar-refractivity contribution in [1.29, 1.82) is 5.26 Å². The molecule has 6 aromatic carbocycles. The molecule has 0 saturated carbocycles. The first-order valence-corrected chi connectivity index (χ1v) is 15.9. The van der Waals surface area contributed by atoms with E-state index in [-0.39, 0.29) is 5.41 Å². The monoisotopic (exact) mass is 601 g/mol. The zero-order valence-corrected chi connectivity index (χ0v) is 26.3. The summed E-state index contributed by atoms with van der Waals surface area (Å²) in [5, 5.41) is 9.84. The van der Waals surface area contributed by atoms with Crippen LogP contribution in [0.1, 0.15) is 30.5 Å². The summed E-state index contributed by atoms with van der Waals surface area (Å²) in [5.74, 6) is 0.706. The lowest BCUT2D eigenvalue weighted by Gasteiger charge is -2.22. The standard InChI is InChI=1S/C44H31N3/c1-44(2)38-21-11-20-36(28-45)42(38)37-23-22-34(26-39(37)44)32-17-9-16-31(24-32)33-18-10-19-35(25-33)41-27-40(29-12-5-3-6-13-29)46-43(47-41)30-14-7-4-8-15-30/h3-27H,1-2H3. The Morgan fingerprint density at radius 3 is 1.66 bits per heavy atom. The summed E-state index contributed by atoms with van der Waals surface area (Å²) >= 11 is 0. The van der Waals surface area contributed by atoms with Crippen LogP contribution in [-0.2, 0) is 5.41 Å². The predicted octanol–water partition coefficient (Wildman–Crippen LogP) is 11.0. The number of fused-ring (bicyclic) bond motifs is 3. The van der Waals surface area contributed by atoms with Crippen molar-refractivity contribution in [2.75, 3.05) is 0 Å². The van der Waals surface area contributed by atoms with E-state index in [1.165, 1.54) is 11.1 Å². The molecule has 0 spiro atoms. The molecular weight excluding hydrogens is 571 g/mol. The fourth-order valence-electron chi connectivity index (χ4n) is 6.87. The Labute approximate surface area is 275 Å². The summed E-state index contributed by atoms with van der Waals surface area (Å²) in [4.78, 5) is 10.0. The van der Waals surface area contributed by atoms with E-state index >= 15 is 0 Å². The van der Waals surface area contributed by atoms with Crippen LogP contribution in [0.25, 0.3) is 67.3 Å². The number of nitrogens with zero attached hydrogens (tertiary/aromatic N) is 3. The van der Waals surface area contributed by atoms with Crippen molar-refractivity contribution in [3.63, 3.8) is 0 Å². The molecule has 0 N–H and O–H groups in total. The zero-order valence-electron chi connectivity index (χ0n) is 26.3. The van der Waals surface area contributed by atoms with E-state index in [0.29, 0.717) is 5.82 Å². The van der Waals surface area contributed by atoms with Gasteiger partial charge in [0.25, 0.3) is 0 Å². The SMILES string of the molecule is CC1(C)c2cc(-c3cccc(-c4cccc(-c5cc(-c6ccccc6)nc(-c6ccccc6)n5)c4)c3)ccc2-c2c(C#N)cccc21. The van der Waals surface area contributed by atoms with Crippen LogP contribution in [0.15, 0.2) is 152 Å². The Balaban J connectivity index is 1.18. The fourth-order valence-corrected chi connectivity index (χ4v) is 6.87. The first-order valence-electron chi connectivity index (χ1n) is 15.9. The van der Waals surface area contributed by atoms with Gasteiger partial charge in [0.05, 0.1) is 23.0 Å². The molecule has 47 heavy (non-hydrogen) atoms. The largest absolute Gasteiger partial charge is 0.228 e. The van der Waals surface area contributed by atoms with Gasteiger partial charge in [-0.1, -0.05) is 135 Å². The average molecular weight is 602 g/mol. The summed E-state index contributed by atoms with van der Waals surface area (Å²) in [5.41, 5.74) is 14.7. The van der Waals surface area contributed by atoms with Crippen molar-refractivity contribution in [2.24, 2.45) is 0 Å². The molecule has 1 aromatic heterocycles. The van der Waals surface area contributed by atoms with E-state index in [0.717, 1.165) is 67.0 Å². The van der Waals surface area contributed by atoms with Crippen LogP contribution in [-0.4, -0.2) is 9.97 Å². The maximum Gasteiger partial charge on any atom is 0.160 e. The maximum atomic E-state index is 9.84. The highest BCUT2D eigenvalue weighted by Crippen LogP contribution is 2.50. The molecule has 3 nitrogen and oxygen atoms in total. The van der Waals surface area contributed by atoms with E-state index in [2.05, 4.69) is 123 Å². The van der Waals surface area contributed by atoms with E-state index < -0.39 is 0 Å². The summed E-state index contributed by atoms with van der Waals surface area (Å²) < 4.78 is 0. The minimum atomic E-state index is -0.186. The molecule has 3 heteroatoms. The maximum absolute atomic E-state index is 9.84. The topological polar surface area (TPSA) is 49.6 Å². The van der Waals surface area contributed by atoms with Gasteiger partial charge in [-0.05, 0) is 69.3 Å². The predicted molar refractivity (Wildman–Crippen MR) is 191 cm³/mol. The second-order valence-electron chi connectivity index (χ2n) is 12.6. The summed E-state index contributed by atoms with van der Waals surface area (Å²) in [6.07, 6.45) is 0. The molecule has 7 aromatic rings. The lowest BCUT2D eigenvalue weighted by atomic mass is 9.81. The van der Waals surface area contributed by atoms with Gasteiger partial charge in [-0.15, -0.1) is 0 Å². The smallest absolute Gasteiger partial charge is 0.160 e. The molecule has 0 saturated heterocycles. The number of benzene rings is 6. The Bertz CT molecular complexity index is 2270.